The molecule has 0 amide bonds. The summed E-state index contributed by atoms with van der Waals surface area (Å²) in [4.78, 5) is 1.89. The average molecular weight is 292 g/mol. The number of rotatable bonds is 3. The monoisotopic (exact) mass is 292 g/mol. The molecule has 20 heavy (non-hydrogen) atoms. The second-order valence-corrected chi connectivity index (χ2v) is 4.72. The van der Waals surface area contributed by atoms with Gasteiger partial charge in [-0.1, -0.05) is 6.07 Å². The Hall–Kier alpha value is -1.18. The summed E-state index contributed by atoms with van der Waals surface area (Å²) in [5, 5.41) is 12.6. The van der Waals surface area contributed by atoms with Gasteiger partial charge in [0.25, 0.3) is 0 Å². The molecular weight excluding hydrogens is 276 g/mol. The van der Waals surface area contributed by atoms with Gasteiger partial charge in [0.05, 0.1) is 18.2 Å². The van der Waals surface area contributed by atoms with E-state index in [0.717, 1.165) is 12.1 Å². The number of nitrogens with zero attached hydrogens (tertiary/aromatic N) is 1. The van der Waals surface area contributed by atoms with Gasteiger partial charge in [0, 0.05) is 26.2 Å². The van der Waals surface area contributed by atoms with Crippen LogP contribution in [-0.4, -0.2) is 42.8 Å². The molecule has 112 valence electrons. The first-order valence-electron chi connectivity index (χ1n) is 6.35. The molecule has 2 rings (SSSR count). The first-order valence-corrected chi connectivity index (χ1v) is 6.35. The molecule has 0 bridgehead atoms. The largest absolute Gasteiger partial charge is 0.419 e. The quantitative estimate of drug-likeness (QED) is 0.834. The number of hydrogen-bond donors (Lipinski definition) is 2. The molecule has 1 aromatic rings. The Labute approximate surface area is 114 Å². The Morgan fingerprint density at radius 2 is 1.90 bits per heavy atom. The van der Waals surface area contributed by atoms with Crippen molar-refractivity contribution < 1.29 is 22.7 Å². The van der Waals surface area contributed by atoms with Crippen molar-refractivity contribution in [2.24, 2.45) is 0 Å². The van der Waals surface area contributed by atoms with E-state index in [1.807, 2.05) is 4.90 Å². The van der Waals surface area contributed by atoms with Gasteiger partial charge < -0.3 is 10.4 Å². The molecule has 1 atom stereocenters. The van der Waals surface area contributed by atoms with Gasteiger partial charge in [0.2, 0.25) is 0 Å². The zero-order valence-electron chi connectivity index (χ0n) is 10.8. The molecule has 2 N–H and O–H groups in total. The number of hydrogen-bond acceptors (Lipinski definition) is 3. The summed E-state index contributed by atoms with van der Waals surface area (Å²) in [6.07, 6.45) is -4.73. The molecule has 0 radical (unpaired) electrons. The van der Waals surface area contributed by atoms with E-state index in [1.165, 1.54) is 6.07 Å². The van der Waals surface area contributed by atoms with Crippen molar-refractivity contribution in [2.45, 2.75) is 12.2 Å². The highest BCUT2D eigenvalue weighted by atomic mass is 19.4. The molecule has 1 aliphatic rings. The summed E-state index contributed by atoms with van der Waals surface area (Å²) in [6.45, 7) is 2.38. The fourth-order valence-electron chi connectivity index (χ4n) is 2.39. The van der Waals surface area contributed by atoms with Gasteiger partial charge in [-0.3, -0.25) is 4.90 Å². The fraction of sp³-hybridized carbons (Fsp3) is 0.538. The Kier molecular flexibility index (Phi) is 4.62. The van der Waals surface area contributed by atoms with Crippen LogP contribution in [0.25, 0.3) is 0 Å². The van der Waals surface area contributed by atoms with Crippen LogP contribution >= 0.6 is 0 Å². The van der Waals surface area contributed by atoms with E-state index >= 15 is 0 Å². The third kappa shape index (κ3) is 3.28. The van der Waals surface area contributed by atoms with E-state index in [9.17, 15) is 22.7 Å². The maximum absolute atomic E-state index is 13.3. The van der Waals surface area contributed by atoms with Crippen molar-refractivity contribution in [1.29, 1.82) is 0 Å². The van der Waals surface area contributed by atoms with E-state index in [2.05, 4.69) is 5.32 Å². The third-order valence-corrected chi connectivity index (χ3v) is 3.45. The van der Waals surface area contributed by atoms with E-state index in [4.69, 9.17) is 0 Å². The first-order chi connectivity index (χ1) is 9.43. The molecule has 7 heteroatoms. The van der Waals surface area contributed by atoms with Gasteiger partial charge in [-0.25, -0.2) is 4.39 Å². The Bertz CT molecular complexity index is 458. The molecule has 1 heterocycles. The zero-order valence-corrected chi connectivity index (χ0v) is 10.8. The van der Waals surface area contributed by atoms with Crippen molar-refractivity contribution in [3.05, 3.63) is 35.1 Å². The van der Waals surface area contributed by atoms with Crippen molar-refractivity contribution in [3.63, 3.8) is 0 Å². The molecule has 0 aliphatic carbocycles. The number of benzene rings is 1. The van der Waals surface area contributed by atoms with Crippen LogP contribution < -0.4 is 5.32 Å². The van der Waals surface area contributed by atoms with Crippen LogP contribution in [0.5, 0.6) is 0 Å². The van der Waals surface area contributed by atoms with Crippen molar-refractivity contribution in [1.82, 2.24) is 10.2 Å². The maximum Gasteiger partial charge on any atom is 0.419 e. The molecule has 0 unspecified atom stereocenters. The van der Waals surface area contributed by atoms with Crippen LogP contribution in [0.4, 0.5) is 17.6 Å². The fourth-order valence-corrected chi connectivity index (χ4v) is 2.39. The predicted octanol–water partition coefficient (Wildman–Crippen LogP) is 1.78. The maximum atomic E-state index is 13.3. The standard InChI is InChI=1S/C13H16F4N2O/c14-11-2-1-9(7-10(11)13(15,16)17)12(8-20)19-5-3-18-4-6-19/h1-2,7,12,18,20H,3-6,8H2/t12-/m1/s1. The van der Waals surface area contributed by atoms with Crippen LogP contribution in [0, 0.1) is 5.82 Å². The molecule has 1 aliphatic heterocycles. The molecule has 1 saturated heterocycles. The topological polar surface area (TPSA) is 35.5 Å². The van der Waals surface area contributed by atoms with E-state index in [1.54, 1.807) is 0 Å². The highest BCUT2D eigenvalue weighted by Crippen LogP contribution is 2.34. The smallest absolute Gasteiger partial charge is 0.394 e. The zero-order chi connectivity index (χ0) is 14.8. The lowest BCUT2D eigenvalue weighted by Gasteiger charge is -2.34. The molecule has 0 spiro atoms. The molecular formula is C13H16F4N2O. The summed E-state index contributed by atoms with van der Waals surface area (Å²) in [5.74, 6) is -1.29. The van der Waals surface area contributed by atoms with Crippen molar-refractivity contribution in [3.8, 4) is 0 Å². The minimum Gasteiger partial charge on any atom is -0.394 e. The van der Waals surface area contributed by atoms with Gasteiger partial charge >= 0.3 is 6.18 Å². The van der Waals surface area contributed by atoms with Crippen LogP contribution in [-0.2, 0) is 6.18 Å². The van der Waals surface area contributed by atoms with E-state index in [0.29, 0.717) is 26.2 Å². The van der Waals surface area contributed by atoms with E-state index in [-0.39, 0.29) is 12.2 Å². The Balaban J connectivity index is 2.30. The number of piperazine rings is 1. The third-order valence-electron chi connectivity index (χ3n) is 3.45. The van der Waals surface area contributed by atoms with Crippen molar-refractivity contribution >= 4 is 0 Å². The molecule has 0 aromatic heterocycles. The first kappa shape index (κ1) is 15.2. The summed E-state index contributed by atoms with van der Waals surface area (Å²) in [7, 11) is 0. The summed E-state index contributed by atoms with van der Waals surface area (Å²) >= 11 is 0. The SMILES string of the molecule is OC[C@H](c1ccc(F)c(C(F)(F)F)c1)N1CCNCC1. The van der Waals surface area contributed by atoms with Crippen LogP contribution in [0.3, 0.4) is 0 Å². The lowest BCUT2D eigenvalue weighted by molar-refractivity contribution is -0.140. The summed E-state index contributed by atoms with van der Waals surface area (Å²) < 4.78 is 51.4. The molecule has 3 nitrogen and oxygen atoms in total. The molecule has 1 fully saturated rings. The minimum atomic E-state index is -4.73. The lowest BCUT2D eigenvalue weighted by Crippen LogP contribution is -2.46. The minimum absolute atomic E-state index is 0.281. The molecule has 0 saturated carbocycles. The highest BCUT2D eigenvalue weighted by Gasteiger charge is 2.35. The van der Waals surface area contributed by atoms with Gasteiger partial charge in [0.1, 0.15) is 5.82 Å². The van der Waals surface area contributed by atoms with Crippen LogP contribution in [0.2, 0.25) is 0 Å². The van der Waals surface area contributed by atoms with Crippen LogP contribution in [0.15, 0.2) is 18.2 Å². The highest BCUT2D eigenvalue weighted by molar-refractivity contribution is 5.29. The normalized spacial score (nSPS) is 19.1. The van der Waals surface area contributed by atoms with Crippen LogP contribution in [0.1, 0.15) is 17.2 Å². The summed E-state index contributed by atoms with van der Waals surface area (Å²) in [6, 6.07) is 2.35. The van der Waals surface area contributed by atoms with Gasteiger partial charge in [-0.05, 0) is 17.7 Å². The number of aliphatic hydroxyl groups is 1. The van der Waals surface area contributed by atoms with Gasteiger partial charge in [0.15, 0.2) is 0 Å². The Morgan fingerprint density at radius 1 is 1.25 bits per heavy atom. The summed E-state index contributed by atoms with van der Waals surface area (Å²) in [5.41, 5.74) is -1.01. The second-order valence-electron chi connectivity index (χ2n) is 4.72. The number of aliphatic hydroxyl groups excluding tert-OH is 1. The predicted molar refractivity (Wildman–Crippen MR) is 65.7 cm³/mol. The number of alkyl halides is 3. The van der Waals surface area contributed by atoms with E-state index < -0.39 is 23.6 Å². The number of halogens is 4. The Morgan fingerprint density at radius 3 is 2.45 bits per heavy atom. The molecule has 1 aromatic carbocycles. The van der Waals surface area contributed by atoms with Gasteiger partial charge in [-0.2, -0.15) is 13.2 Å². The van der Waals surface area contributed by atoms with Crippen molar-refractivity contribution in [2.75, 3.05) is 32.8 Å². The number of nitrogens with one attached hydrogen (secondary N) is 1. The van der Waals surface area contributed by atoms with Gasteiger partial charge in [-0.15, -0.1) is 0 Å². The second kappa shape index (κ2) is 6.07. The lowest BCUT2D eigenvalue weighted by atomic mass is 10.0. The average Bonchev–Trinajstić information content (AvgIpc) is 2.41.